The molecule has 4 heterocycles. The van der Waals surface area contributed by atoms with Gasteiger partial charge in [0.1, 0.15) is 4.21 Å². The lowest BCUT2D eigenvalue weighted by Gasteiger charge is -2.29. The summed E-state index contributed by atoms with van der Waals surface area (Å²) in [5.41, 5.74) is 0.695. The van der Waals surface area contributed by atoms with E-state index in [9.17, 15) is 13.2 Å². The van der Waals surface area contributed by atoms with Gasteiger partial charge >= 0.3 is 6.01 Å². The highest BCUT2D eigenvalue weighted by atomic mass is 35.5. The van der Waals surface area contributed by atoms with E-state index in [1.807, 2.05) is 0 Å². The minimum atomic E-state index is -3.59. The van der Waals surface area contributed by atoms with Crippen molar-refractivity contribution < 1.29 is 17.6 Å². The maximum Gasteiger partial charge on any atom is 0.322 e. The molecule has 1 N–H and O–H groups in total. The molecule has 0 saturated carbocycles. The van der Waals surface area contributed by atoms with Gasteiger partial charge in [-0.2, -0.15) is 4.31 Å². The Labute approximate surface area is 175 Å². The zero-order valence-corrected chi connectivity index (χ0v) is 17.4. The summed E-state index contributed by atoms with van der Waals surface area (Å²) in [6.45, 7) is 0.504. The van der Waals surface area contributed by atoms with Crippen LogP contribution in [0, 0.1) is 5.92 Å². The van der Waals surface area contributed by atoms with Crippen LogP contribution < -0.4 is 5.32 Å². The summed E-state index contributed by atoms with van der Waals surface area (Å²) >= 11 is 6.87. The summed E-state index contributed by atoms with van der Waals surface area (Å²) in [6, 6.07) is 6.50. The number of amides is 1. The molecule has 1 aliphatic heterocycles. The van der Waals surface area contributed by atoms with Gasteiger partial charge in [-0.15, -0.1) is 16.4 Å². The number of thiophene rings is 1. The topological polar surface area (TPSA) is 118 Å². The van der Waals surface area contributed by atoms with Crippen molar-refractivity contribution >= 4 is 44.9 Å². The zero-order chi connectivity index (χ0) is 20.4. The number of anilines is 1. The average Bonchev–Trinajstić information content (AvgIpc) is 3.38. The van der Waals surface area contributed by atoms with Crippen LogP contribution in [0.4, 0.5) is 6.01 Å². The van der Waals surface area contributed by atoms with Crippen LogP contribution in [0.5, 0.6) is 0 Å². The molecule has 3 aromatic rings. The normalized spacial score (nSPS) is 16.0. The molecule has 1 fully saturated rings. The van der Waals surface area contributed by atoms with Gasteiger partial charge in [0.25, 0.3) is 10.0 Å². The first kappa shape index (κ1) is 20.0. The van der Waals surface area contributed by atoms with Crippen molar-refractivity contribution in [3.05, 3.63) is 41.0 Å². The lowest BCUT2D eigenvalue weighted by molar-refractivity contribution is -0.121. The van der Waals surface area contributed by atoms with Gasteiger partial charge in [0.05, 0.1) is 4.34 Å². The minimum Gasteiger partial charge on any atom is -0.403 e. The van der Waals surface area contributed by atoms with E-state index in [-0.39, 0.29) is 41.0 Å². The molecular weight excluding hydrogens is 438 g/mol. The molecule has 3 aromatic heterocycles. The third kappa shape index (κ3) is 4.32. The van der Waals surface area contributed by atoms with Crippen molar-refractivity contribution in [1.29, 1.82) is 0 Å². The molecule has 0 aromatic carbocycles. The standard InChI is InChI=1S/C17H16ClN5O4S2/c18-13-1-2-14(28-13)29(25,26)23-9-5-11(6-10-23)15(24)20-17-22-21-16(27-17)12-3-7-19-8-4-12/h1-4,7-8,11H,5-6,9-10H2,(H,20,22,24). The molecule has 9 nitrogen and oxygen atoms in total. The first-order valence-electron chi connectivity index (χ1n) is 8.74. The minimum absolute atomic E-state index is 0.00471. The number of nitrogens with one attached hydrogen (secondary N) is 1. The highest BCUT2D eigenvalue weighted by molar-refractivity contribution is 7.91. The third-order valence-corrected chi connectivity index (χ3v) is 8.15. The van der Waals surface area contributed by atoms with Gasteiger partial charge in [0.15, 0.2) is 0 Å². The number of rotatable bonds is 5. The van der Waals surface area contributed by atoms with Crippen molar-refractivity contribution in [2.75, 3.05) is 18.4 Å². The van der Waals surface area contributed by atoms with Crippen LogP contribution in [-0.2, 0) is 14.8 Å². The fourth-order valence-corrected chi connectivity index (χ4v) is 6.12. The number of nitrogens with zero attached hydrogens (tertiary/aromatic N) is 4. The number of hydrogen-bond donors (Lipinski definition) is 1. The molecule has 29 heavy (non-hydrogen) atoms. The number of aromatic nitrogens is 3. The molecule has 152 valence electrons. The van der Waals surface area contributed by atoms with E-state index in [4.69, 9.17) is 16.0 Å². The quantitative estimate of drug-likeness (QED) is 0.630. The smallest absolute Gasteiger partial charge is 0.322 e. The van der Waals surface area contributed by atoms with Gasteiger partial charge in [-0.3, -0.25) is 15.1 Å². The van der Waals surface area contributed by atoms with Crippen LogP contribution in [0.2, 0.25) is 4.34 Å². The Morgan fingerprint density at radius 2 is 1.90 bits per heavy atom. The Morgan fingerprint density at radius 3 is 2.55 bits per heavy atom. The van der Waals surface area contributed by atoms with Crippen molar-refractivity contribution in [1.82, 2.24) is 19.5 Å². The van der Waals surface area contributed by atoms with E-state index in [0.29, 0.717) is 22.7 Å². The number of halogens is 1. The maximum atomic E-state index is 12.6. The highest BCUT2D eigenvalue weighted by Gasteiger charge is 2.33. The second-order valence-electron chi connectivity index (χ2n) is 6.37. The summed E-state index contributed by atoms with van der Waals surface area (Å²) in [5, 5.41) is 10.4. The van der Waals surface area contributed by atoms with Gasteiger partial charge in [-0.1, -0.05) is 16.7 Å². The van der Waals surface area contributed by atoms with E-state index in [1.54, 1.807) is 30.6 Å². The fourth-order valence-electron chi connectivity index (χ4n) is 3.01. The third-order valence-electron chi connectivity index (χ3n) is 4.55. The SMILES string of the molecule is O=C(Nc1nnc(-c2ccncc2)o1)C1CCN(S(=O)(=O)c2ccc(Cl)s2)CC1. The largest absolute Gasteiger partial charge is 0.403 e. The summed E-state index contributed by atoms with van der Waals surface area (Å²) in [6.07, 6.45) is 4.00. The highest BCUT2D eigenvalue weighted by Crippen LogP contribution is 2.31. The predicted molar refractivity (Wildman–Crippen MR) is 107 cm³/mol. The molecule has 0 spiro atoms. The second kappa shape index (κ2) is 8.19. The van der Waals surface area contributed by atoms with E-state index in [2.05, 4.69) is 20.5 Å². The van der Waals surface area contributed by atoms with Gasteiger partial charge in [-0.25, -0.2) is 8.42 Å². The predicted octanol–water partition coefficient (Wildman–Crippen LogP) is 2.89. The van der Waals surface area contributed by atoms with Gasteiger partial charge in [-0.05, 0) is 37.1 Å². The van der Waals surface area contributed by atoms with Crippen molar-refractivity contribution in [2.45, 2.75) is 17.1 Å². The van der Waals surface area contributed by atoms with Crippen molar-refractivity contribution in [2.24, 2.45) is 5.92 Å². The molecule has 1 saturated heterocycles. The van der Waals surface area contributed by atoms with Crippen LogP contribution in [0.1, 0.15) is 12.8 Å². The lowest BCUT2D eigenvalue weighted by Crippen LogP contribution is -2.41. The second-order valence-corrected chi connectivity index (χ2v) is 10.3. The molecule has 1 amide bonds. The molecule has 0 atom stereocenters. The number of sulfonamides is 1. The Hall–Kier alpha value is -2.34. The average molecular weight is 454 g/mol. The first-order chi connectivity index (χ1) is 13.9. The van der Waals surface area contributed by atoms with Gasteiger partial charge in [0, 0.05) is 37.0 Å². The summed E-state index contributed by atoms with van der Waals surface area (Å²) in [5.74, 6) is -0.339. The molecule has 1 aliphatic rings. The van der Waals surface area contributed by atoms with Crippen LogP contribution in [-0.4, -0.2) is 46.9 Å². The molecular formula is C17H16ClN5O4S2. The summed E-state index contributed by atoms with van der Waals surface area (Å²) < 4.78 is 32.8. The Kier molecular flexibility index (Phi) is 5.63. The van der Waals surface area contributed by atoms with Gasteiger partial charge in [0.2, 0.25) is 11.8 Å². The molecule has 12 heteroatoms. The lowest BCUT2D eigenvalue weighted by atomic mass is 9.97. The number of hydrogen-bond acceptors (Lipinski definition) is 8. The van der Waals surface area contributed by atoms with Crippen LogP contribution in [0.15, 0.2) is 45.3 Å². The van der Waals surface area contributed by atoms with E-state index in [1.165, 1.54) is 10.4 Å². The van der Waals surface area contributed by atoms with E-state index in [0.717, 1.165) is 11.3 Å². The first-order valence-corrected chi connectivity index (χ1v) is 11.4. The van der Waals surface area contributed by atoms with E-state index < -0.39 is 10.0 Å². The zero-order valence-electron chi connectivity index (χ0n) is 15.0. The molecule has 0 bridgehead atoms. The Balaban J connectivity index is 1.35. The number of carbonyl (C=O) groups excluding carboxylic acids is 1. The van der Waals surface area contributed by atoms with Crippen molar-refractivity contribution in [3.8, 4) is 11.5 Å². The van der Waals surface area contributed by atoms with Crippen LogP contribution in [0.25, 0.3) is 11.5 Å². The number of piperidine rings is 1. The molecule has 0 unspecified atom stereocenters. The molecule has 4 rings (SSSR count). The Bertz CT molecular complexity index is 1110. The molecule has 0 radical (unpaired) electrons. The maximum absolute atomic E-state index is 12.6. The molecule has 0 aliphatic carbocycles. The monoisotopic (exact) mass is 453 g/mol. The number of carbonyl (C=O) groups is 1. The van der Waals surface area contributed by atoms with Gasteiger partial charge < -0.3 is 4.42 Å². The van der Waals surface area contributed by atoms with Crippen LogP contribution >= 0.6 is 22.9 Å². The van der Waals surface area contributed by atoms with E-state index >= 15 is 0 Å². The summed E-state index contributed by atoms with van der Waals surface area (Å²) in [4.78, 5) is 16.4. The summed E-state index contributed by atoms with van der Waals surface area (Å²) in [7, 11) is -3.59. The fraction of sp³-hybridized carbons (Fsp3) is 0.294. The van der Waals surface area contributed by atoms with Crippen molar-refractivity contribution in [3.63, 3.8) is 0 Å². The Morgan fingerprint density at radius 1 is 1.17 bits per heavy atom. The van der Waals surface area contributed by atoms with Crippen LogP contribution in [0.3, 0.4) is 0 Å². The number of pyridine rings is 1.